The number of aliphatic hydroxyl groups is 2. The van der Waals surface area contributed by atoms with Crippen LogP contribution in [0.2, 0.25) is 0 Å². The number of hydrogen-bond donors (Lipinski definition) is 7. The third kappa shape index (κ3) is 6.69. The number of ether oxygens (including phenoxy) is 1. The molecule has 0 spiro atoms. The number of phosphoric acid groups is 3. The molecule has 1 fully saturated rings. The van der Waals surface area contributed by atoms with Crippen LogP contribution in [0.25, 0.3) is 0 Å². The summed E-state index contributed by atoms with van der Waals surface area (Å²) in [6.45, 7) is -1.76. The van der Waals surface area contributed by atoms with Crippen molar-refractivity contribution in [2.75, 3.05) is 6.61 Å². The first-order valence-electron chi connectivity index (χ1n) is 7.38. The monoisotopic (exact) mass is 580 g/mol. The van der Waals surface area contributed by atoms with Crippen molar-refractivity contribution in [3.05, 3.63) is 31.5 Å². The van der Waals surface area contributed by atoms with Gasteiger partial charge in [0, 0.05) is 6.20 Å². The average molecular weight is 581 g/mol. The molecule has 1 aromatic heterocycles. The van der Waals surface area contributed by atoms with Crippen molar-refractivity contribution in [3.8, 4) is 0 Å². The molecule has 31 heavy (non-hydrogen) atoms. The van der Waals surface area contributed by atoms with E-state index in [0.29, 0.717) is 4.57 Å². The van der Waals surface area contributed by atoms with Gasteiger partial charge in [-0.15, -0.1) is 0 Å². The van der Waals surface area contributed by atoms with Crippen LogP contribution >= 0.6 is 39.4 Å². The van der Waals surface area contributed by atoms with Crippen molar-refractivity contribution in [1.82, 2.24) is 9.55 Å². The number of rotatable bonds is 8. The number of aliphatic hydroxyl groups excluding tert-OH is 2. The van der Waals surface area contributed by atoms with Crippen LogP contribution in [0.3, 0.4) is 0 Å². The first kappa shape index (κ1) is 26.6. The van der Waals surface area contributed by atoms with E-state index in [2.05, 4.69) is 29.1 Å². The molecule has 1 aromatic rings. The van der Waals surface area contributed by atoms with E-state index in [9.17, 15) is 42.8 Å². The number of aromatic amines is 1. The summed E-state index contributed by atoms with van der Waals surface area (Å²) < 4.78 is 64.2. The van der Waals surface area contributed by atoms with Crippen LogP contribution in [-0.4, -0.2) is 64.0 Å². The Hall–Kier alpha value is -0.620. The highest BCUT2D eigenvalue weighted by molar-refractivity contribution is 9.10. The topological polar surface area (TPSA) is 264 Å². The minimum Gasteiger partial charge on any atom is -0.385 e. The summed E-state index contributed by atoms with van der Waals surface area (Å²) in [4.78, 5) is 60.2. The van der Waals surface area contributed by atoms with Crippen LogP contribution in [0, 0.1) is 0 Å². The molecule has 0 saturated carbocycles. The van der Waals surface area contributed by atoms with E-state index in [1.165, 1.54) is 0 Å². The van der Waals surface area contributed by atoms with E-state index in [1.54, 1.807) is 4.98 Å². The Kier molecular flexibility index (Phi) is 7.70. The van der Waals surface area contributed by atoms with E-state index in [0.717, 1.165) is 6.20 Å². The normalized spacial score (nSPS) is 30.6. The van der Waals surface area contributed by atoms with Crippen molar-refractivity contribution in [2.45, 2.75) is 24.3 Å². The van der Waals surface area contributed by atoms with Crippen molar-refractivity contribution in [3.63, 3.8) is 0 Å². The molecule has 1 aliphatic heterocycles. The predicted molar refractivity (Wildman–Crippen MR) is 94.8 cm³/mol. The van der Waals surface area contributed by atoms with E-state index < -0.39 is 65.6 Å². The fourth-order valence-electron chi connectivity index (χ4n) is 2.21. The summed E-state index contributed by atoms with van der Waals surface area (Å²) in [5.74, 6) is -3.52. The van der Waals surface area contributed by atoms with Crippen LogP contribution in [0.15, 0.2) is 20.3 Å². The highest BCUT2D eigenvalue weighted by atomic mass is 79.9. The maximum Gasteiger partial charge on any atom is 0.490 e. The molecule has 2 unspecified atom stereocenters. The zero-order valence-corrected chi connectivity index (χ0v) is 18.7. The number of alkyl halides is 1. The Bertz CT molecular complexity index is 1100. The molecule has 1 aliphatic rings. The summed E-state index contributed by atoms with van der Waals surface area (Å²) in [6.07, 6.45) is -5.91. The Labute approximate surface area is 177 Å². The quantitative estimate of drug-likeness (QED) is 0.173. The van der Waals surface area contributed by atoms with Crippen molar-refractivity contribution in [2.24, 2.45) is 0 Å². The zero-order chi connectivity index (χ0) is 24.0. The Morgan fingerprint density at radius 3 is 2.29 bits per heavy atom. The Balaban J connectivity index is 2.18. The van der Waals surface area contributed by atoms with Crippen molar-refractivity contribution < 1.29 is 65.8 Å². The first-order chi connectivity index (χ1) is 13.9. The van der Waals surface area contributed by atoms with E-state index in [4.69, 9.17) is 19.4 Å². The molecule has 0 radical (unpaired) electrons. The molecule has 178 valence electrons. The molecule has 2 heterocycles. The lowest BCUT2D eigenvalue weighted by Gasteiger charge is -2.24. The number of halogens is 2. The summed E-state index contributed by atoms with van der Waals surface area (Å²) in [7, 11) is -17.3. The van der Waals surface area contributed by atoms with Crippen molar-refractivity contribution >= 4 is 39.4 Å². The molecule has 17 nitrogen and oxygen atoms in total. The van der Waals surface area contributed by atoms with Gasteiger partial charge in [0.1, 0.15) is 18.8 Å². The predicted octanol–water partition coefficient (Wildman–Crippen LogP) is -1.44. The zero-order valence-electron chi connectivity index (χ0n) is 14.4. The standard InChI is InChI=1S/C9H13BrFN2O15P3/c10-3-1-13(8(17)12-6(3)16)7-4(14)5(15)9(11,26-7)2-25-30(21,22)28-31(23,24)27-29(18,19)20/h1,4-5,7,14-15H,2H2,(H,21,22)(H,23,24)(H,12,16,17)(H2,18,19,20)/t4-,5+,7-,9-/m1/s1. The molecule has 7 N–H and O–H groups in total. The molecule has 2 rings (SSSR count). The van der Waals surface area contributed by atoms with Crippen LogP contribution in [-0.2, 0) is 31.6 Å². The average Bonchev–Trinajstić information content (AvgIpc) is 2.78. The largest absolute Gasteiger partial charge is 0.490 e. The molecule has 1 saturated heterocycles. The summed E-state index contributed by atoms with van der Waals surface area (Å²) >= 11 is 2.77. The lowest BCUT2D eigenvalue weighted by atomic mass is 10.1. The van der Waals surface area contributed by atoms with Gasteiger partial charge in [-0.05, 0) is 15.9 Å². The van der Waals surface area contributed by atoms with E-state index in [-0.39, 0.29) is 4.47 Å². The molecular weight excluding hydrogens is 568 g/mol. The van der Waals surface area contributed by atoms with Gasteiger partial charge in [-0.25, -0.2) is 22.9 Å². The number of phosphoric ester groups is 1. The fraction of sp³-hybridized carbons (Fsp3) is 0.556. The van der Waals surface area contributed by atoms with Gasteiger partial charge in [0.05, 0.1) is 4.47 Å². The highest BCUT2D eigenvalue weighted by Gasteiger charge is 2.57. The van der Waals surface area contributed by atoms with Gasteiger partial charge < -0.3 is 34.5 Å². The van der Waals surface area contributed by atoms with E-state index in [1.807, 2.05) is 0 Å². The molecular formula is C9H13BrFN2O15P3. The van der Waals surface area contributed by atoms with Gasteiger partial charge in [0.15, 0.2) is 6.23 Å². The first-order valence-corrected chi connectivity index (χ1v) is 12.7. The number of nitrogens with one attached hydrogen (secondary N) is 1. The second-order valence-corrected chi connectivity index (χ2v) is 11.0. The maximum atomic E-state index is 14.9. The second kappa shape index (κ2) is 8.96. The van der Waals surface area contributed by atoms with Gasteiger partial charge in [0.25, 0.3) is 11.4 Å². The highest BCUT2D eigenvalue weighted by Crippen LogP contribution is 2.66. The van der Waals surface area contributed by atoms with Crippen LogP contribution in [0.1, 0.15) is 6.23 Å². The lowest BCUT2D eigenvalue weighted by Crippen LogP contribution is -2.43. The lowest BCUT2D eigenvalue weighted by molar-refractivity contribution is -0.205. The minimum absolute atomic E-state index is 0.248. The fourth-order valence-corrected chi connectivity index (χ4v) is 5.57. The number of aromatic nitrogens is 2. The van der Waals surface area contributed by atoms with Crippen LogP contribution in [0.5, 0.6) is 0 Å². The summed E-state index contributed by atoms with van der Waals surface area (Å²) in [6, 6.07) is 0. The van der Waals surface area contributed by atoms with Gasteiger partial charge in [0.2, 0.25) is 0 Å². The SMILES string of the molecule is O=c1[nH]c(=O)n([C@@H]2O[C@](F)(COP(=O)(O)OP(=O)(O)OP(=O)(O)O)[C@@H](O)[C@H]2O)cc1Br. The number of nitrogens with zero attached hydrogens (tertiary/aromatic N) is 1. The maximum absolute atomic E-state index is 14.9. The third-order valence-corrected chi connectivity index (χ3v) is 7.76. The minimum atomic E-state index is -5.88. The van der Waals surface area contributed by atoms with Crippen LogP contribution < -0.4 is 11.2 Å². The van der Waals surface area contributed by atoms with Crippen molar-refractivity contribution in [1.29, 1.82) is 0 Å². The van der Waals surface area contributed by atoms with Gasteiger partial charge in [-0.3, -0.25) is 18.9 Å². The van der Waals surface area contributed by atoms with Gasteiger partial charge in [-0.2, -0.15) is 8.62 Å². The summed E-state index contributed by atoms with van der Waals surface area (Å²) in [5.41, 5.74) is -2.07. The Morgan fingerprint density at radius 2 is 1.74 bits per heavy atom. The van der Waals surface area contributed by atoms with Gasteiger partial charge in [-0.1, -0.05) is 0 Å². The smallest absolute Gasteiger partial charge is 0.385 e. The second-order valence-electron chi connectivity index (χ2n) is 5.74. The molecule has 6 atom stereocenters. The Morgan fingerprint density at radius 1 is 1.16 bits per heavy atom. The number of H-pyrrole nitrogens is 1. The molecule has 0 amide bonds. The molecule has 0 aromatic carbocycles. The van der Waals surface area contributed by atoms with Crippen LogP contribution in [0.4, 0.5) is 4.39 Å². The van der Waals surface area contributed by atoms with E-state index >= 15 is 0 Å². The summed E-state index contributed by atoms with van der Waals surface area (Å²) in [5, 5.41) is 19.9. The molecule has 0 bridgehead atoms. The number of hydrogen-bond acceptors (Lipinski definition) is 11. The molecule has 22 heteroatoms. The third-order valence-electron chi connectivity index (χ3n) is 3.41. The molecule has 0 aliphatic carbocycles. The van der Waals surface area contributed by atoms with Gasteiger partial charge >= 0.3 is 29.2 Å².